The highest BCUT2D eigenvalue weighted by atomic mass is 79.9. The van der Waals surface area contributed by atoms with Crippen molar-refractivity contribution in [3.8, 4) is 0 Å². The molecule has 1 unspecified atom stereocenters. The van der Waals surface area contributed by atoms with E-state index in [-0.39, 0.29) is 5.56 Å². The number of aryl methyl sites for hydroxylation is 2. The van der Waals surface area contributed by atoms with E-state index in [1.54, 1.807) is 12.1 Å². The monoisotopic (exact) mass is 326 g/mol. The van der Waals surface area contributed by atoms with E-state index in [4.69, 9.17) is 0 Å². The third-order valence-corrected chi connectivity index (χ3v) is 3.94. The molecule has 19 heavy (non-hydrogen) atoms. The second kappa shape index (κ2) is 5.39. The van der Waals surface area contributed by atoms with Crippen molar-refractivity contribution in [3.63, 3.8) is 0 Å². The molecule has 2 aromatic carbocycles. The predicted octanol–water partition coefficient (Wildman–Crippen LogP) is 4.43. The van der Waals surface area contributed by atoms with Gasteiger partial charge in [-0.2, -0.15) is 0 Å². The van der Waals surface area contributed by atoms with Crippen molar-refractivity contribution >= 4 is 15.9 Å². The van der Waals surface area contributed by atoms with E-state index in [0.717, 1.165) is 16.1 Å². The van der Waals surface area contributed by atoms with Gasteiger partial charge in [0.15, 0.2) is 0 Å². The van der Waals surface area contributed by atoms with Gasteiger partial charge in [0.2, 0.25) is 0 Å². The lowest BCUT2D eigenvalue weighted by Crippen LogP contribution is -2.04. The summed E-state index contributed by atoms with van der Waals surface area (Å²) in [6.07, 6.45) is -1.11. The molecule has 0 aliphatic rings. The third kappa shape index (κ3) is 2.85. The molecule has 0 aliphatic carbocycles. The number of hydrogen-bond donors (Lipinski definition) is 1. The average molecular weight is 327 g/mol. The van der Waals surface area contributed by atoms with Crippen LogP contribution >= 0.6 is 15.9 Å². The van der Waals surface area contributed by atoms with Crippen molar-refractivity contribution < 1.29 is 13.9 Å². The number of rotatable bonds is 2. The Morgan fingerprint density at radius 2 is 1.68 bits per heavy atom. The van der Waals surface area contributed by atoms with Crippen LogP contribution in [-0.2, 0) is 0 Å². The minimum Gasteiger partial charge on any atom is -0.384 e. The summed E-state index contributed by atoms with van der Waals surface area (Å²) in [4.78, 5) is 0. The Morgan fingerprint density at radius 3 is 2.32 bits per heavy atom. The molecule has 0 amide bonds. The predicted molar refractivity (Wildman–Crippen MR) is 74.0 cm³/mol. The Bertz CT molecular complexity index is 626. The highest BCUT2D eigenvalue weighted by Gasteiger charge is 2.17. The van der Waals surface area contributed by atoms with Gasteiger partial charge in [0, 0.05) is 16.1 Å². The van der Waals surface area contributed by atoms with Crippen LogP contribution in [0.3, 0.4) is 0 Å². The highest BCUT2D eigenvalue weighted by molar-refractivity contribution is 9.10. The maximum atomic E-state index is 13.7. The molecule has 1 N–H and O–H groups in total. The normalized spacial score (nSPS) is 12.5. The smallest absolute Gasteiger partial charge is 0.132 e. The number of hydrogen-bond acceptors (Lipinski definition) is 1. The molecule has 0 spiro atoms. The average Bonchev–Trinajstić information content (AvgIpc) is 2.36. The molecule has 0 fully saturated rings. The largest absolute Gasteiger partial charge is 0.384 e. The molecule has 0 saturated heterocycles. The lowest BCUT2D eigenvalue weighted by molar-refractivity contribution is 0.214. The van der Waals surface area contributed by atoms with Crippen molar-refractivity contribution in [1.82, 2.24) is 0 Å². The van der Waals surface area contributed by atoms with Gasteiger partial charge in [0.25, 0.3) is 0 Å². The topological polar surface area (TPSA) is 20.2 Å². The summed E-state index contributed by atoms with van der Waals surface area (Å²) in [6.45, 7) is 3.46. The fourth-order valence-corrected chi connectivity index (χ4v) is 2.24. The molecule has 0 bridgehead atoms. The van der Waals surface area contributed by atoms with Gasteiger partial charge in [0.1, 0.15) is 17.7 Å². The fourth-order valence-electron chi connectivity index (χ4n) is 1.85. The van der Waals surface area contributed by atoms with Crippen LogP contribution in [0.15, 0.2) is 34.8 Å². The van der Waals surface area contributed by atoms with Gasteiger partial charge in [0.05, 0.1) is 0 Å². The van der Waals surface area contributed by atoms with Crippen LogP contribution in [0.2, 0.25) is 0 Å². The van der Waals surface area contributed by atoms with E-state index in [1.807, 2.05) is 13.0 Å². The first kappa shape index (κ1) is 14.2. The minimum atomic E-state index is -1.11. The molecule has 0 saturated carbocycles. The first-order valence-corrected chi connectivity index (χ1v) is 6.59. The zero-order valence-corrected chi connectivity index (χ0v) is 12.1. The molecular weight excluding hydrogens is 314 g/mol. The quantitative estimate of drug-likeness (QED) is 0.865. The Balaban J connectivity index is 2.46. The van der Waals surface area contributed by atoms with Gasteiger partial charge in [-0.25, -0.2) is 8.78 Å². The minimum absolute atomic E-state index is 0.0784. The van der Waals surface area contributed by atoms with E-state index in [0.29, 0.717) is 11.1 Å². The SMILES string of the molecule is Cc1cc(C(O)c2ccc(C)c(Br)c2)c(F)cc1F. The second-order valence-electron chi connectivity index (χ2n) is 4.53. The number of halogens is 3. The lowest BCUT2D eigenvalue weighted by Gasteiger charge is -2.14. The van der Waals surface area contributed by atoms with Gasteiger partial charge in [-0.3, -0.25) is 0 Å². The number of benzene rings is 2. The fraction of sp³-hybridized carbons (Fsp3) is 0.200. The summed E-state index contributed by atoms with van der Waals surface area (Å²) in [5.41, 5.74) is 1.96. The van der Waals surface area contributed by atoms with Crippen LogP contribution in [0.1, 0.15) is 28.4 Å². The molecule has 2 aromatic rings. The van der Waals surface area contributed by atoms with Crippen molar-refractivity contribution in [2.45, 2.75) is 20.0 Å². The van der Waals surface area contributed by atoms with Gasteiger partial charge >= 0.3 is 0 Å². The summed E-state index contributed by atoms with van der Waals surface area (Å²) >= 11 is 3.37. The van der Waals surface area contributed by atoms with Crippen LogP contribution < -0.4 is 0 Å². The van der Waals surface area contributed by atoms with E-state index in [9.17, 15) is 13.9 Å². The van der Waals surface area contributed by atoms with Crippen LogP contribution in [0.25, 0.3) is 0 Å². The molecule has 0 heterocycles. The standard InChI is InChI=1S/C15H13BrF2O/c1-8-3-4-10(6-12(8)16)15(19)11-5-9(2)13(17)7-14(11)18/h3-7,15,19H,1-2H3. The van der Waals surface area contributed by atoms with E-state index in [2.05, 4.69) is 15.9 Å². The molecule has 1 nitrogen and oxygen atoms in total. The van der Waals surface area contributed by atoms with Crippen LogP contribution in [0.4, 0.5) is 8.78 Å². The zero-order valence-electron chi connectivity index (χ0n) is 10.5. The molecule has 2 rings (SSSR count). The maximum Gasteiger partial charge on any atom is 0.132 e. The van der Waals surface area contributed by atoms with Crippen LogP contribution in [-0.4, -0.2) is 5.11 Å². The van der Waals surface area contributed by atoms with Crippen LogP contribution in [0, 0.1) is 25.5 Å². The first-order chi connectivity index (χ1) is 8.90. The summed E-state index contributed by atoms with van der Waals surface area (Å²) in [7, 11) is 0. The first-order valence-electron chi connectivity index (χ1n) is 5.80. The van der Waals surface area contributed by atoms with Gasteiger partial charge in [-0.15, -0.1) is 0 Å². The molecule has 1 atom stereocenters. The Morgan fingerprint density at radius 1 is 1.00 bits per heavy atom. The maximum absolute atomic E-state index is 13.7. The summed E-state index contributed by atoms with van der Waals surface area (Å²) < 4.78 is 27.8. The Hall–Kier alpha value is -1.26. The molecule has 0 radical (unpaired) electrons. The second-order valence-corrected chi connectivity index (χ2v) is 5.39. The van der Waals surface area contributed by atoms with E-state index >= 15 is 0 Å². The van der Waals surface area contributed by atoms with Gasteiger partial charge in [-0.1, -0.05) is 28.1 Å². The van der Waals surface area contributed by atoms with E-state index < -0.39 is 17.7 Å². The van der Waals surface area contributed by atoms with E-state index in [1.165, 1.54) is 13.0 Å². The summed E-state index contributed by atoms with van der Waals surface area (Å²) in [5, 5.41) is 10.2. The van der Waals surface area contributed by atoms with Crippen molar-refractivity contribution in [1.29, 1.82) is 0 Å². The zero-order chi connectivity index (χ0) is 14.2. The number of aliphatic hydroxyl groups excluding tert-OH is 1. The molecule has 4 heteroatoms. The molecule has 0 aromatic heterocycles. The highest BCUT2D eigenvalue weighted by Crippen LogP contribution is 2.29. The lowest BCUT2D eigenvalue weighted by atomic mass is 9.98. The Kier molecular flexibility index (Phi) is 4.02. The van der Waals surface area contributed by atoms with Gasteiger partial charge < -0.3 is 5.11 Å². The number of aliphatic hydroxyl groups is 1. The molecular formula is C15H13BrF2O. The molecule has 0 aliphatic heterocycles. The summed E-state index contributed by atoms with van der Waals surface area (Å²) in [5.74, 6) is -1.36. The van der Waals surface area contributed by atoms with Crippen molar-refractivity contribution in [2.24, 2.45) is 0 Å². The summed E-state index contributed by atoms with van der Waals surface area (Å²) in [6, 6.07) is 7.43. The van der Waals surface area contributed by atoms with Crippen molar-refractivity contribution in [3.05, 3.63) is 68.7 Å². The van der Waals surface area contributed by atoms with Crippen molar-refractivity contribution in [2.75, 3.05) is 0 Å². The Labute approximate surface area is 119 Å². The van der Waals surface area contributed by atoms with Gasteiger partial charge in [-0.05, 0) is 42.7 Å². The third-order valence-electron chi connectivity index (χ3n) is 3.08. The van der Waals surface area contributed by atoms with Crippen LogP contribution in [0.5, 0.6) is 0 Å². The molecule has 100 valence electrons.